The molecule has 1 atom stereocenters. The largest absolute Gasteiger partial charge is 0.497 e. The number of carbonyl (C=O) groups excluding carboxylic acids is 2. The molecule has 0 saturated carbocycles. The van der Waals surface area contributed by atoms with E-state index in [0.717, 1.165) is 37.1 Å². The van der Waals surface area contributed by atoms with Gasteiger partial charge in [-0.1, -0.05) is 18.2 Å². The van der Waals surface area contributed by atoms with Crippen molar-refractivity contribution >= 4 is 11.8 Å². The van der Waals surface area contributed by atoms with Gasteiger partial charge in [0.2, 0.25) is 5.91 Å². The number of benzene rings is 1. The topological polar surface area (TPSA) is 62.7 Å². The van der Waals surface area contributed by atoms with Crippen LogP contribution < -0.4 is 4.74 Å². The van der Waals surface area contributed by atoms with E-state index >= 15 is 0 Å². The smallest absolute Gasteiger partial charge is 0.272 e. The summed E-state index contributed by atoms with van der Waals surface area (Å²) in [4.78, 5) is 34.0. The average molecular weight is 379 g/mol. The van der Waals surface area contributed by atoms with Gasteiger partial charge in [-0.3, -0.25) is 14.6 Å². The maximum atomic E-state index is 13.4. The average Bonchev–Trinajstić information content (AvgIpc) is 3.17. The molecule has 4 rings (SSSR count). The highest BCUT2D eigenvalue weighted by Crippen LogP contribution is 2.41. The van der Waals surface area contributed by atoms with E-state index in [2.05, 4.69) is 4.98 Å². The molecule has 2 fully saturated rings. The van der Waals surface area contributed by atoms with Crippen LogP contribution in [0.5, 0.6) is 5.75 Å². The van der Waals surface area contributed by atoms with Gasteiger partial charge in [0, 0.05) is 32.4 Å². The minimum absolute atomic E-state index is 0.0878. The molecule has 6 nitrogen and oxygen atoms in total. The van der Waals surface area contributed by atoms with Crippen molar-refractivity contribution in [1.29, 1.82) is 0 Å². The fraction of sp³-hybridized carbons (Fsp3) is 0.409. The van der Waals surface area contributed by atoms with E-state index < -0.39 is 5.41 Å². The molecular formula is C22H25N3O3. The van der Waals surface area contributed by atoms with Crippen LogP contribution in [0.3, 0.4) is 0 Å². The molecule has 0 aliphatic carbocycles. The van der Waals surface area contributed by atoms with E-state index in [1.54, 1.807) is 30.3 Å². The van der Waals surface area contributed by atoms with Crippen molar-refractivity contribution in [3.05, 3.63) is 59.9 Å². The van der Waals surface area contributed by atoms with E-state index in [0.29, 0.717) is 25.3 Å². The molecule has 2 aliphatic rings. The monoisotopic (exact) mass is 379 g/mol. The number of ether oxygens (including phenoxy) is 1. The fourth-order valence-corrected chi connectivity index (χ4v) is 4.37. The number of hydrogen-bond acceptors (Lipinski definition) is 4. The molecule has 146 valence electrons. The van der Waals surface area contributed by atoms with Crippen LogP contribution in [0.1, 0.15) is 35.3 Å². The van der Waals surface area contributed by atoms with Gasteiger partial charge in [0.05, 0.1) is 12.5 Å². The lowest BCUT2D eigenvalue weighted by atomic mass is 9.78. The Hall–Kier alpha value is -2.89. The molecule has 2 saturated heterocycles. The summed E-state index contributed by atoms with van der Waals surface area (Å²) in [6, 6.07) is 13.2. The van der Waals surface area contributed by atoms with Gasteiger partial charge >= 0.3 is 0 Å². The normalized spacial score (nSPS) is 22.0. The Kier molecular flexibility index (Phi) is 5.03. The van der Waals surface area contributed by atoms with Gasteiger partial charge in [-0.25, -0.2) is 0 Å². The van der Waals surface area contributed by atoms with E-state index in [-0.39, 0.29) is 11.8 Å². The number of hydrogen-bond donors (Lipinski definition) is 0. The van der Waals surface area contributed by atoms with E-state index in [1.807, 2.05) is 35.2 Å². The molecule has 3 heterocycles. The van der Waals surface area contributed by atoms with Gasteiger partial charge in [0.15, 0.2) is 0 Å². The van der Waals surface area contributed by atoms with E-state index in [1.165, 1.54) is 0 Å². The predicted octanol–water partition coefficient (Wildman–Crippen LogP) is 2.75. The third kappa shape index (κ3) is 3.46. The molecule has 28 heavy (non-hydrogen) atoms. The molecule has 1 aromatic carbocycles. The summed E-state index contributed by atoms with van der Waals surface area (Å²) in [7, 11) is 1.64. The number of carbonyl (C=O) groups is 2. The molecule has 1 spiro atoms. The SMILES string of the molecule is COc1cccc(CN2CCC[C@]3(CCN(C(=O)c4ccccn4)C3)C2=O)c1. The van der Waals surface area contributed by atoms with Gasteiger partial charge in [0.1, 0.15) is 11.4 Å². The molecule has 2 aromatic rings. The second-order valence-corrected chi connectivity index (χ2v) is 7.65. The Bertz CT molecular complexity index is 870. The molecule has 6 heteroatoms. The number of amides is 2. The minimum atomic E-state index is -0.457. The van der Waals surface area contributed by atoms with Crippen LogP contribution in [-0.4, -0.2) is 53.3 Å². The summed E-state index contributed by atoms with van der Waals surface area (Å²) in [5.74, 6) is 0.873. The van der Waals surface area contributed by atoms with Crippen molar-refractivity contribution in [3.63, 3.8) is 0 Å². The van der Waals surface area contributed by atoms with Gasteiger partial charge in [-0.15, -0.1) is 0 Å². The van der Waals surface area contributed by atoms with Crippen molar-refractivity contribution in [1.82, 2.24) is 14.8 Å². The fourth-order valence-electron chi connectivity index (χ4n) is 4.37. The van der Waals surface area contributed by atoms with E-state index in [9.17, 15) is 9.59 Å². The summed E-state index contributed by atoms with van der Waals surface area (Å²) in [6.07, 6.45) is 4.15. The molecule has 1 aromatic heterocycles. The van der Waals surface area contributed by atoms with Crippen LogP contribution in [-0.2, 0) is 11.3 Å². The minimum Gasteiger partial charge on any atom is -0.497 e. The zero-order chi connectivity index (χ0) is 19.6. The van der Waals surface area contributed by atoms with Gasteiger partial charge in [-0.05, 0) is 49.1 Å². The molecule has 0 radical (unpaired) electrons. The standard InChI is InChI=1S/C22H25N3O3/c1-28-18-7-4-6-17(14-18)15-24-12-5-9-22(21(24)27)10-13-25(16-22)20(26)19-8-2-3-11-23-19/h2-4,6-8,11,14H,5,9-10,12-13,15-16H2,1H3/t22-/m1/s1. The highest BCUT2D eigenvalue weighted by molar-refractivity contribution is 5.93. The van der Waals surface area contributed by atoms with Crippen molar-refractivity contribution in [2.45, 2.75) is 25.8 Å². The first-order valence-electron chi connectivity index (χ1n) is 9.74. The highest BCUT2D eigenvalue weighted by atomic mass is 16.5. The van der Waals surface area contributed by atoms with Crippen LogP contribution in [0.4, 0.5) is 0 Å². The first kappa shape index (κ1) is 18.5. The number of nitrogens with zero attached hydrogens (tertiary/aromatic N) is 3. The van der Waals surface area contributed by atoms with Crippen LogP contribution in [0, 0.1) is 5.41 Å². The number of likely N-dealkylation sites (tertiary alicyclic amines) is 2. The maximum absolute atomic E-state index is 13.4. The quantitative estimate of drug-likeness (QED) is 0.820. The molecule has 0 bridgehead atoms. The van der Waals surface area contributed by atoms with Crippen molar-refractivity contribution < 1.29 is 14.3 Å². The van der Waals surface area contributed by atoms with Gasteiger partial charge in [-0.2, -0.15) is 0 Å². The number of aromatic nitrogens is 1. The second-order valence-electron chi connectivity index (χ2n) is 7.65. The van der Waals surface area contributed by atoms with Gasteiger partial charge in [0.25, 0.3) is 5.91 Å². The Balaban J connectivity index is 1.47. The lowest BCUT2D eigenvalue weighted by Crippen LogP contribution is -2.50. The van der Waals surface area contributed by atoms with Crippen LogP contribution in [0.15, 0.2) is 48.7 Å². The number of pyridine rings is 1. The molecule has 2 amide bonds. The van der Waals surface area contributed by atoms with Crippen LogP contribution in [0.2, 0.25) is 0 Å². The van der Waals surface area contributed by atoms with Gasteiger partial charge < -0.3 is 14.5 Å². The molecular weight excluding hydrogens is 354 g/mol. The molecule has 2 aliphatic heterocycles. The summed E-state index contributed by atoms with van der Waals surface area (Å²) < 4.78 is 5.29. The lowest BCUT2D eigenvalue weighted by molar-refractivity contribution is -0.146. The third-order valence-electron chi connectivity index (χ3n) is 5.86. The summed E-state index contributed by atoms with van der Waals surface area (Å²) in [5.41, 5.74) is 1.04. The zero-order valence-corrected chi connectivity index (χ0v) is 16.1. The lowest BCUT2D eigenvalue weighted by Gasteiger charge is -2.39. The van der Waals surface area contributed by atoms with E-state index in [4.69, 9.17) is 4.74 Å². The first-order valence-corrected chi connectivity index (χ1v) is 9.74. The molecule has 0 unspecified atom stereocenters. The predicted molar refractivity (Wildman–Crippen MR) is 105 cm³/mol. The van der Waals surface area contributed by atoms with Crippen molar-refractivity contribution in [2.24, 2.45) is 5.41 Å². The number of methoxy groups -OCH3 is 1. The van der Waals surface area contributed by atoms with Crippen LogP contribution >= 0.6 is 0 Å². The summed E-state index contributed by atoms with van der Waals surface area (Å²) >= 11 is 0. The summed E-state index contributed by atoms with van der Waals surface area (Å²) in [6.45, 7) is 2.42. The highest BCUT2D eigenvalue weighted by Gasteiger charge is 2.49. The number of rotatable bonds is 4. The maximum Gasteiger partial charge on any atom is 0.272 e. The second kappa shape index (κ2) is 7.62. The third-order valence-corrected chi connectivity index (χ3v) is 5.86. The Morgan fingerprint density at radius 1 is 1.18 bits per heavy atom. The zero-order valence-electron chi connectivity index (χ0n) is 16.1. The number of piperidine rings is 1. The van der Waals surface area contributed by atoms with Crippen LogP contribution in [0.25, 0.3) is 0 Å². The Morgan fingerprint density at radius 3 is 2.86 bits per heavy atom. The van der Waals surface area contributed by atoms with Crippen molar-refractivity contribution in [3.8, 4) is 5.75 Å². The first-order chi connectivity index (χ1) is 13.6. The summed E-state index contributed by atoms with van der Waals surface area (Å²) in [5, 5.41) is 0. The van der Waals surface area contributed by atoms with Crippen molar-refractivity contribution in [2.75, 3.05) is 26.7 Å². The Labute approximate surface area is 165 Å². The Morgan fingerprint density at radius 2 is 2.07 bits per heavy atom. The molecule has 0 N–H and O–H groups in total.